The zero-order valence-electron chi connectivity index (χ0n) is 6.94. The smallest absolute Gasteiger partial charge is 0.0462 e. The van der Waals surface area contributed by atoms with E-state index in [2.05, 4.69) is 11.8 Å². The molecule has 0 N–H and O–H groups in total. The van der Waals surface area contributed by atoms with Crippen LogP contribution >= 0.6 is 0 Å². The van der Waals surface area contributed by atoms with Gasteiger partial charge in [0.15, 0.2) is 0 Å². The summed E-state index contributed by atoms with van der Waals surface area (Å²) in [7, 11) is 1.74. The molecule has 0 saturated heterocycles. The largest absolute Gasteiger partial charge is 0.385 e. The molecule has 0 amide bonds. The molecule has 0 aromatic carbocycles. The molecule has 10 heavy (non-hydrogen) atoms. The molecule has 0 bridgehead atoms. The minimum Gasteiger partial charge on any atom is -0.385 e. The van der Waals surface area contributed by atoms with E-state index < -0.39 is 0 Å². The molecule has 0 aromatic rings. The highest BCUT2D eigenvalue weighted by Gasteiger charge is 1.85. The van der Waals surface area contributed by atoms with E-state index in [0.29, 0.717) is 0 Å². The van der Waals surface area contributed by atoms with Crippen molar-refractivity contribution >= 4 is 0 Å². The molecule has 0 unspecified atom stereocenters. The molecule has 0 spiro atoms. The van der Waals surface area contributed by atoms with E-state index in [1.807, 2.05) is 6.92 Å². The summed E-state index contributed by atoms with van der Waals surface area (Å²) in [6, 6.07) is 0. The van der Waals surface area contributed by atoms with E-state index in [4.69, 9.17) is 4.74 Å². The van der Waals surface area contributed by atoms with Crippen molar-refractivity contribution in [1.29, 1.82) is 0 Å². The Morgan fingerprint density at radius 1 is 1.20 bits per heavy atom. The second-order valence-electron chi connectivity index (χ2n) is 2.23. The zero-order valence-corrected chi connectivity index (χ0v) is 6.94. The Morgan fingerprint density at radius 2 is 2.00 bits per heavy atom. The Bertz CT molecular complexity index is 108. The van der Waals surface area contributed by atoms with Gasteiger partial charge >= 0.3 is 0 Å². The number of ether oxygens (including phenoxy) is 1. The Kier molecular flexibility index (Phi) is 8.11. The molecule has 0 radical (unpaired) electrons. The predicted molar refractivity (Wildman–Crippen MR) is 43.8 cm³/mol. The number of hydrogen-bond donors (Lipinski definition) is 0. The number of hydrogen-bond acceptors (Lipinski definition) is 1. The summed E-state index contributed by atoms with van der Waals surface area (Å²) in [6.07, 6.45) is 4.66. The lowest BCUT2D eigenvalue weighted by atomic mass is 10.2. The first-order valence-electron chi connectivity index (χ1n) is 3.80. The minimum atomic E-state index is 0.888. The van der Waals surface area contributed by atoms with Crippen LogP contribution in [0, 0.1) is 11.8 Å². The number of methoxy groups -OCH3 is 1. The zero-order chi connectivity index (χ0) is 7.66. The lowest BCUT2D eigenvalue weighted by Crippen LogP contribution is -1.87. The molecule has 0 aliphatic rings. The summed E-state index contributed by atoms with van der Waals surface area (Å²) in [5.41, 5.74) is 0. The summed E-state index contributed by atoms with van der Waals surface area (Å²) in [5, 5.41) is 0. The first kappa shape index (κ1) is 9.52. The van der Waals surface area contributed by atoms with Gasteiger partial charge in [-0.15, -0.1) is 11.8 Å². The van der Waals surface area contributed by atoms with Gasteiger partial charge in [0.1, 0.15) is 0 Å². The molecule has 0 aliphatic heterocycles. The van der Waals surface area contributed by atoms with Crippen LogP contribution in [0.4, 0.5) is 0 Å². The van der Waals surface area contributed by atoms with Crippen LogP contribution < -0.4 is 0 Å². The highest BCUT2D eigenvalue weighted by Crippen LogP contribution is 1.97. The third-order valence-corrected chi connectivity index (χ3v) is 1.33. The Balaban J connectivity index is 2.82. The monoisotopic (exact) mass is 140 g/mol. The maximum Gasteiger partial charge on any atom is 0.0462 e. The summed E-state index contributed by atoms with van der Waals surface area (Å²) in [4.78, 5) is 0. The van der Waals surface area contributed by atoms with Crippen molar-refractivity contribution in [2.24, 2.45) is 0 Å². The van der Waals surface area contributed by atoms with Crippen molar-refractivity contribution in [3.63, 3.8) is 0 Å². The molecular weight excluding hydrogens is 124 g/mol. The van der Waals surface area contributed by atoms with E-state index in [-0.39, 0.29) is 0 Å². The molecule has 1 heteroatoms. The van der Waals surface area contributed by atoms with Crippen LogP contribution in [0.15, 0.2) is 0 Å². The fourth-order valence-electron chi connectivity index (χ4n) is 0.762. The van der Waals surface area contributed by atoms with Gasteiger partial charge < -0.3 is 4.74 Å². The SMILES string of the molecule is CC#CCCCCCOC. The average molecular weight is 140 g/mol. The van der Waals surface area contributed by atoms with E-state index in [0.717, 1.165) is 13.0 Å². The van der Waals surface area contributed by atoms with Crippen molar-refractivity contribution in [2.45, 2.75) is 32.6 Å². The summed E-state index contributed by atoms with van der Waals surface area (Å²) >= 11 is 0. The number of unbranched alkanes of at least 4 members (excludes halogenated alkanes) is 3. The first-order chi connectivity index (χ1) is 4.91. The molecule has 0 saturated carbocycles. The maximum atomic E-state index is 4.91. The van der Waals surface area contributed by atoms with Gasteiger partial charge in [0.25, 0.3) is 0 Å². The lowest BCUT2D eigenvalue weighted by Gasteiger charge is -1.95. The van der Waals surface area contributed by atoms with Gasteiger partial charge in [-0.1, -0.05) is 6.42 Å². The summed E-state index contributed by atoms with van der Waals surface area (Å²) in [5.74, 6) is 5.91. The summed E-state index contributed by atoms with van der Waals surface area (Å²) < 4.78 is 4.91. The van der Waals surface area contributed by atoms with E-state index >= 15 is 0 Å². The van der Waals surface area contributed by atoms with E-state index in [1.165, 1.54) is 19.3 Å². The highest BCUT2D eigenvalue weighted by molar-refractivity contribution is 4.94. The molecule has 1 nitrogen and oxygen atoms in total. The van der Waals surface area contributed by atoms with Gasteiger partial charge in [-0.2, -0.15) is 0 Å². The molecule has 0 aliphatic carbocycles. The van der Waals surface area contributed by atoms with E-state index in [1.54, 1.807) is 7.11 Å². The van der Waals surface area contributed by atoms with Crippen molar-refractivity contribution < 1.29 is 4.74 Å². The van der Waals surface area contributed by atoms with Gasteiger partial charge in [-0.05, 0) is 19.8 Å². The standard InChI is InChI=1S/C9H16O/c1-3-4-5-6-7-8-9-10-2/h5-9H2,1-2H3. The van der Waals surface area contributed by atoms with Crippen LogP contribution in [0.5, 0.6) is 0 Å². The third kappa shape index (κ3) is 7.52. The third-order valence-electron chi connectivity index (χ3n) is 1.33. The van der Waals surface area contributed by atoms with Crippen LogP contribution in [-0.4, -0.2) is 13.7 Å². The van der Waals surface area contributed by atoms with Gasteiger partial charge in [-0.25, -0.2) is 0 Å². The molecular formula is C9H16O. The van der Waals surface area contributed by atoms with Crippen molar-refractivity contribution in [3.05, 3.63) is 0 Å². The quantitative estimate of drug-likeness (QED) is 0.420. The Labute approximate surface area is 63.8 Å². The second kappa shape index (κ2) is 8.52. The average Bonchev–Trinajstić information content (AvgIpc) is 1.97. The van der Waals surface area contributed by atoms with Crippen LogP contribution in [0.2, 0.25) is 0 Å². The lowest BCUT2D eigenvalue weighted by molar-refractivity contribution is 0.192. The van der Waals surface area contributed by atoms with Gasteiger partial charge in [0.05, 0.1) is 0 Å². The van der Waals surface area contributed by atoms with Crippen LogP contribution in [0.3, 0.4) is 0 Å². The fraction of sp³-hybridized carbons (Fsp3) is 0.778. The molecule has 0 heterocycles. The second-order valence-corrected chi connectivity index (χ2v) is 2.23. The van der Waals surface area contributed by atoms with Crippen LogP contribution in [0.1, 0.15) is 32.6 Å². The molecule has 0 atom stereocenters. The van der Waals surface area contributed by atoms with Crippen LogP contribution in [-0.2, 0) is 4.74 Å². The number of rotatable bonds is 5. The van der Waals surface area contributed by atoms with E-state index in [9.17, 15) is 0 Å². The normalized spacial score (nSPS) is 8.60. The van der Waals surface area contributed by atoms with Gasteiger partial charge in [-0.3, -0.25) is 0 Å². The van der Waals surface area contributed by atoms with Crippen molar-refractivity contribution in [2.75, 3.05) is 13.7 Å². The van der Waals surface area contributed by atoms with Crippen LogP contribution in [0.25, 0.3) is 0 Å². The maximum absolute atomic E-state index is 4.91. The minimum absolute atomic E-state index is 0.888. The first-order valence-corrected chi connectivity index (χ1v) is 3.80. The topological polar surface area (TPSA) is 9.23 Å². The Hall–Kier alpha value is -0.480. The molecule has 0 rings (SSSR count). The van der Waals surface area contributed by atoms with Gasteiger partial charge in [0.2, 0.25) is 0 Å². The van der Waals surface area contributed by atoms with Crippen molar-refractivity contribution in [3.8, 4) is 11.8 Å². The summed E-state index contributed by atoms with van der Waals surface area (Å²) in [6.45, 7) is 2.77. The fourth-order valence-corrected chi connectivity index (χ4v) is 0.762. The molecule has 0 aromatic heterocycles. The van der Waals surface area contributed by atoms with Gasteiger partial charge in [0, 0.05) is 20.1 Å². The van der Waals surface area contributed by atoms with Crippen molar-refractivity contribution in [1.82, 2.24) is 0 Å². The highest BCUT2D eigenvalue weighted by atomic mass is 16.5. The Morgan fingerprint density at radius 3 is 2.60 bits per heavy atom. The molecule has 0 fully saturated rings. The molecule has 58 valence electrons. The predicted octanol–water partition coefficient (Wildman–Crippen LogP) is 2.22.